The molecule has 0 heterocycles. The van der Waals surface area contributed by atoms with E-state index in [4.69, 9.17) is 0 Å². The highest BCUT2D eigenvalue weighted by atomic mass is 14.9. The van der Waals surface area contributed by atoms with Crippen LogP contribution >= 0.6 is 0 Å². The standard InChI is InChI=1S/C20H19N/c1-2-6-15(7-3-1)14-21-19-13-12-17-9-4-8-16-10-5-11-18(19)20(16)17/h1-11,19,21H,12-14H2. The lowest BCUT2D eigenvalue weighted by atomic mass is 9.85. The molecule has 21 heavy (non-hydrogen) atoms. The smallest absolute Gasteiger partial charge is 0.0332 e. The maximum atomic E-state index is 3.74. The molecular weight excluding hydrogens is 254 g/mol. The minimum absolute atomic E-state index is 0.462. The summed E-state index contributed by atoms with van der Waals surface area (Å²) in [6, 6.07) is 24.5. The molecule has 4 rings (SSSR count). The van der Waals surface area contributed by atoms with Crippen molar-refractivity contribution in [2.45, 2.75) is 25.4 Å². The van der Waals surface area contributed by atoms with Crippen LogP contribution in [0.3, 0.4) is 0 Å². The van der Waals surface area contributed by atoms with E-state index in [-0.39, 0.29) is 0 Å². The van der Waals surface area contributed by atoms with Crippen LogP contribution in [0, 0.1) is 0 Å². The first kappa shape index (κ1) is 12.6. The first-order chi connectivity index (χ1) is 10.4. The van der Waals surface area contributed by atoms with Crippen LogP contribution in [-0.2, 0) is 13.0 Å². The summed E-state index contributed by atoms with van der Waals surface area (Å²) in [6.45, 7) is 0.935. The van der Waals surface area contributed by atoms with Gasteiger partial charge in [-0.25, -0.2) is 0 Å². The molecule has 1 atom stereocenters. The Hall–Kier alpha value is -2.12. The normalized spacial score (nSPS) is 17.0. The Bertz CT molecular complexity index is 756. The first-order valence-electron chi connectivity index (χ1n) is 7.69. The Morgan fingerprint density at radius 2 is 1.67 bits per heavy atom. The van der Waals surface area contributed by atoms with Crippen molar-refractivity contribution in [3.8, 4) is 0 Å². The summed E-state index contributed by atoms with van der Waals surface area (Å²) < 4.78 is 0. The van der Waals surface area contributed by atoms with Gasteiger partial charge in [-0.1, -0.05) is 66.7 Å². The van der Waals surface area contributed by atoms with Crippen molar-refractivity contribution in [1.29, 1.82) is 0 Å². The molecule has 0 aliphatic heterocycles. The van der Waals surface area contributed by atoms with Gasteiger partial charge in [0.25, 0.3) is 0 Å². The maximum absolute atomic E-state index is 3.74. The summed E-state index contributed by atoms with van der Waals surface area (Å²) in [4.78, 5) is 0. The maximum Gasteiger partial charge on any atom is 0.0332 e. The fraction of sp³-hybridized carbons (Fsp3) is 0.200. The van der Waals surface area contributed by atoms with E-state index in [2.05, 4.69) is 72.0 Å². The van der Waals surface area contributed by atoms with Gasteiger partial charge >= 0.3 is 0 Å². The lowest BCUT2D eigenvalue weighted by Crippen LogP contribution is -2.24. The van der Waals surface area contributed by atoms with Gasteiger partial charge in [-0.2, -0.15) is 0 Å². The summed E-state index contributed by atoms with van der Waals surface area (Å²) in [7, 11) is 0. The van der Waals surface area contributed by atoms with Crippen LogP contribution in [0.5, 0.6) is 0 Å². The number of benzene rings is 3. The van der Waals surface area contributed by atoms with Crippen LogP contribution in [0.4, 0.5) is 0 Å². The van der Waals surface area contributed by atoms with Crippen LogP contribution in [-0.4, -0.2) is 0 Å². The second-order valence-corrected chi connectivity index (χ2v) is 5.82. The highest BCUT2D eigenvalue weighted by molar-refractivity contribution is 5.90. The van der Waals surface area contributed by atoms with Gasteiger partial charge in [-0.15, -0.1) is 0 Å². The van der Waals surface area contributed by atoms with Crippen molar-refractivity contribution in [2.75, 3.05) is 0 Å². The van der Waals surface area contributed by atoms with Crippen molar-refractivity contribution in [1.82, 2.24) is 5.32 Å². The Balaban J connectivity index is 1.65. The van der Waals surface area contributed by atoms with E-state index in [1.54, 1.807) is 0 Å². The highest BCUT2D eigenvalue weighted by Crippen LogP contribution is 2.35. The molecule has 1 N–H and O–H groups in total. The predicted octanol–water partition coefficient (Wildman–Crippen LogP) is 4.62. The fourth-order valence-electron chi connectivity index (χ4n) is 3.45. The number of hydrogen-bond acceptors (Lipinski definition) is 1. The third kappa shape index (κ3) is 2.34. The Labute approximate surface area is 125 Å². The third-order valence-corrected chi connectivity index (χ3v) is 4.50. The van der Waals surface area contributed by atoms with Gasteiger partial charge in [0, 0.05) is 12.6 Å². The molecule has 1 aliphatic rings. The highest BCUT2D eigenvalue weighted by Gasteiger charge is 2.20. The molecule has 1 aliphatic carbocycles. The van der Waals surface area contributed by atoms with Gasteiger partial charge in [0.1, 0.15) is 0 Å². The van der Waals surface area contributed by atoms with E-state index in [0.717, 1.165) is 6.54 Å². The molecule has 1 heteroatoms. The summed E-state index contributed by atoms with van der Waals surface area (Å²) in [5.74, 6) is 0. The molecule has 0 spiro atoms. The van der Waals surface area contributed by atoms with Gasteiger partial charge in [-0.3, -0.25) is 0 Å². The molecule has 3 aromatic carbocycles. The molecule has 3 aromatic rings. The monoisotopic (exact) mass is 273 g/mol. The van der Waals surface area contributed by atoms with E-state index in [1.807, 2.05) is 0 Å². The Morgan fingerprint density at radius 3 is 2.52 bits per heavy atom. The van der Waals surface area contributed by atoms with Gasteiger partial charge in [0.2, 0.25) is 0 Å². The van der Waals surface area contributed by atoms with E-state index < -0.39 is 0 Å². The molecule has 0 saturated carbocycles. The van der Waals surface area contributed by atoms with Crippen LogP contribution in [0.1, 0.15) is 29.2 Å². The lowest BCUT2D eigenvalue weighted by Gasteiger charge is -2.27. The summed E-state index contributed by atoms with van der Waals surface area (Å²) in [5.41, 5.74) is 4.31. The molecule has 1 unspecified atom stereocenters. The zero-order valence-electron chi connectivity index (χ0n) is 12.0. The molecule has 0 radical (unpaired) electrons. The zero-order valence-corrected chi connectivity index (χ0v) is 12.0. The number of nitrogens with one attached hydrogen (secondary N) is 1. The van der Waals surface area contributed by atoms with Crippen molar-refractivity contribution >= 4 is 10.8 Å². The summed E-state index contributed by atoms with van der Waals surface area (Å²) >= 11 is 0. The first-order valence-corrected chi connectivity index (χ1v) is 7.69. The van der Waals surface area contributed by atoms with Crippen LogP contribution in [0.25, 0.3) is 10.8 Å². The quantitative estimate of drug-likeness (QED) is 0.734. The molecule has 0 bridgehead atoms. The van der Waals surface area contributed by atoms with Gasteiger partial charge < -0.3 is 5.32 Å². The van der Waals surface area contributed by atoms with E-state index in [9.17, 15) is 0 Å². The van der Waals surface area contributed by atoms with E-state index in [1.165, 1.54) is 40.3 Å². The average Bonchev–Trinajstić information content (AvgIpc) is 2.56. The topological polar surface area (TPSA) is 12.0 Å². The molecule has 104 valence electrons. The van der Waals surface area contributed by atoms with Gasteiger partial charge in [0.05, 0.1) is 0 Å². The lowest BCUT2D eigenvalue weighted by molar-refractivity contribution is 0.495. The van der Waals surface area contributed by atoms with Gasteiger partial charge in [-0.05, 0) is 40.3 Å². The summed E-state index contributed by atoms with van der Waals surface area (Å²) in [6.07, 6.45) is 2.35. The molecule has 0 aromatic heterocycles. The van der Waals surface area contributed by atoms with Crippen molar-refractivity contribution in [3.63, 3.8) is 0 Å². The second kappa shape index (κ2) is 5.34. The number of aryl methyl sites for hydroxylation is 1. The minimum atomic E-state index is 0.462. The predicted molar refractivity (Wildman–Crippen MR) is 88.3 cm³/mol. The summed E-state index contributed by atoms with van der Waals surface area (Å²) in [5, 5.41) is 6.58. The molecule has 0 fully saturated rings. The Kier molecular flexibility index (Phi) is 3.21. The number of hydrogen-bond donors (Lipinski definition) is 1. The van der Waals surface area contributed by atoms with Gasteiger partial charge in [0.15, 0.2) is 0 Å². The molecule has 1 nitrogen and oxygen atoms in total. The molecule has 0 saturated heterocycles. The van der Waals surface area contributed by atoms with E-state index in [0.29, 0.717) is 6.04 Å². The third-order valence-electron chi connectivity index (χ3n) is 4.50. The number of rotatable bonds is 3. The second-order valence-electron chi connectivity index (χ2n) is 5.82. The largest absolute Gasteiger partial charge is 0.306 e. The molecular formula is C20H19N. The Morgan fingerprint density at radius 1 is 0.857 bits per heavy atom. The minimum Gasteiger partial charge on any atom is -0.306 e. The average molecular weight is 273 g/mol. The zero-order chi connectivity index (χ0) is 14.1. The van der Waals surface area contributed by atoms with Crippen molar-refractivity contribution in [3.05, 3.63) is 83.4 Å². The molecule has 0 amide bonds. The van der Waals surface area contributed by atoms with Crippen LogP contribution in [0.15, 0.2) is 66.7 Å². The van der Waals surface area contributed by atoms with Crippen molar-refractivity contribution < 1.29 is 0 Å². The van der Waals surface area contributed by atoms with Crippen LogP contribution in [0.2, 0.25) is 0 Å². The fourth-order valence-corrected chi connectivity index (χ4v) is 3.45. The SMILES string of the molecule is c1ccc(CNC2CCc3cccc4cccc2c34)cc1. The van der Waals surface area contributed by atoms with Crippen LogP contribution < -0.4 is 5.32 Å². The van der Waals surface area contributed by atoms with E-state index >= 15 is 0 Å². The van der Waals surface area contributed by atoms with Crippen molar-refractivity contribution in [2.24, 2.45) is 0 Å².